The fourth-order valence-corrected chi connectivity index (χ4v) is 4.60. The highest BCUT2D eigenvalue weighted by Crippen LogP contribution is 2.32. The van der Waals surface area contributed by atoms with Crippen molar-refractivity contribution in [3.8, 4) is 0 Å². The average Bonchev–Trinajstić information content (AvgIpc) is 3.28. The van der Waals surface area contributed by atoms with Crippen LogP contribution in [-0.4, -0.2) is 52.7 Å². The van der Waals surface area contributed by atoms with Crippen LogP contribution in [0.15, 0.2) is 6.07 Å². The summed E-state index contributed by atoms with van der Waals surface area (Å²) in [4.78, 5) is 11.8. The average molecular weight is 373 g/mol. The van der Waals surface area contributed by atoms with E-state index in [1.807, 2.05) is 10.7 Å². The topological polar surface area (TPSA) is 84.3 Å². The standard InChI is InChI=1S/C15H24N4O3S2/c1-24(21,22)18-5-2-6-19-14(9-18)7-13(17-19)8-16-15(20)11-23-10-12-3-4-12/h7,12H,2-6,8-11H2,1H3,(H,16,20). The molecule has 134 valence electrons. The van der Waals surface area contributed by atoms with Crippen LogP contribution < -0.4 is 5.32 Å². The summed E-state index contributed by atoms with van der Waals surface area (Å²) in [6.07, 6.45) is 4.59. The van der Waals surface area contributed by atoms with Gasteiger partial charge >= 0.3 is 0 Å². The smallest absolute Gasteiger partial charge is 0.230 e. The van der Waals surface area contributed by atoms with Gasteiger partial charge in [0.05, 0.1) is 36.5 Å². The Hall–Kier alpha value is -1.06. The van der Waals surface area contributed by atoms with Crippen LogP contribution in [0.3, 0.4) is 0 Å². The molecule has 3 rings (SSSR count). The molecule has 1 aliphatic carbocycles. The lowest BCUT2D eigenvalue weighted by molar-refractivity contribution is -0.118. The van der Waals surface area contributed by atoms with Crippen LogP contribution in [0.25, 0.3) is 0 Å². The SMILES string of the molecule is CS(=O)(=O)N1CCCn2nc(CNC(=O)CSCC3CC3)cc2C1. The second-order valence-electron chi connectivity index (χ2n) is 6.54. The van der Waals surface area contributed by atoms with E-state index < -0.39 is 10.0 Å². The number of carbonyl (C=O) groups excluding carboxylic acids is 1. The van der Waals surface area contributed by atoms with E-state index in [0.717, 1.165) is 29.5 Å². The van der Waals surface area contributed by atoms with Gasteiger partial charge in [-0.3, -0.25) is 9.48 Å². The molecule has 9 heteroatoms. The number of nitrogens with zero attached hydrogens (tertiary/aromatic N) is 3. The lowest BCUT2D eigenvalue weighted by atomic mass is 10.3. The number of rotatable bonds is 7. The van der Waals surface area contributed by atoms with Gasteiger partial charge in [0.25, 0.3) is 0 Å². The third-order valence-corrected chi connectivity index (χ3v) is 6.67. The Kier molecular flexibility index (Phi) is 5.51. The van der Waals surface area contributed by atoms with Crippen LogP contribution in [0.2, 0.25) is 0 Å². The normalized spacial score (nSPS) is 18.9. The Labute approximate surface area is 147 Å². The fourth-order valence-electron chi connectivity index (χ4n) is 2.70. The number of thioether (sulfide) groups is 1. The van der Waals surface area contributed by atoms with Crippen molar-refractivity contribution in [2.24, 2.45) is 5.92 Å². The van der Waals surface area contributed by atoms with E-state index in [4.69, 9.17) is 0 Å². The molecule has 1 fully saturated rings. The summed E-state index contributed by atoms with van der Waals surface area (Å²) in [5.74, 6) is 2.42. The van der Waals surface area contributed by atoms with Gasteiger partial charge in [0.1, 0.15) is 0 Å². The van der Waals surface area contributed by atoms with Crippen molar-refractivity contribution in [2.75, 3.05) is 24.3 Å². The Balaban J connectivity index is 1.51. The molecule has 0 saturated heterocycles. The molecule has 1 N–H and O–H groups in total. The summed E-state index contributed by atoms with van der Waals surface area (Å²) in [7, 11) is -3.20. The number of aryl methyl sites for hydroxylation is 1. The third kappa shape index (κ3) is 4.97. The minimum absolute atomic E-state index is 0.0293. The van der Waals surface area contributed by atoms with Crippen molar-refractivity contribution in [3.63, 3.8) is 0 Å². The molecule has 1 amide bonds. The van der Waals surface area contributed by atoms with Gasteiger partial charge in [-0.2, -0.15) is 21.2 Å². The maximum atomic E-state index is 11.8. The van der Waals surface area contributed by atoms with Crippen LogP contribution in [0.4, 0.5) is 0 Å². The van der Waals surface area contributed by atoms with Gasteiger partial charge < -0.3 is 5.32 Å². The Morgan fingerprint density at radius 2 is 2.21 bits per heavy atom. The van der Waals surface area contributed by atoms with Crippen molar-refractivity contribution in [3.05, 3.63) is 17.5 Å². The highest BCUT2D eigenvalue weighted by Gasteiger charge is 2.23. The first-order chi connectivity index (χ1) is 11.4. The Morgan fingerprint density at radius 3 is 2.92 bits per heavy atom. The monoisotopic (exact) mass is 372 g/mol. The summed E-state index contributed by atoms with van der Waals surface area (Å²) in [6.45, 7) is 1.96. The summed E-state index contributed by atoms with van der Waals surface area (Å²) < 4.78 is 26.9. The van der Waals surface area contributed by atoms with E-state index in [1.54, 1.807) is 11.8 Å². The summed E-state index contributed by atoms with van der Waals surface area (Å²) in [6, 6.07) is 1.89. The lowest BCUT2D eigenvalue weighted by Crippen LogP contribution is -2.29. The largest absolute Gasteiger partial charge is 0.350 e. The van der Waals surface area contributed by atoms with Crippen LogP contribution in [0, 0.1) is 5.92 Å². The molecular weight excluding hydrogens is 348 g/mol. The maximum absolute atomic E-state index is 11.8. The summed E-state index contributed by atoms with van der Waals surface area (Å²) >= 11 is 1.69. The molecule has 1 aliphatic heterocycles. The molecule has 0 radical (unpaired) electrons. The second-order valence-corrected chi connectivity index (χ2v) is 9.55. The highest BCUT2D eigenvalue weighted by atomic mass is 32.2. The molecule has 0 bridgehead atoms. The molecular formula is C15H24N4O3S2. The maximum Gasteiger partial charge on any atom is 0.230 e. The van der Waals surface area contributed by atoms with Crippen LogP contribution >= 0.6 is 11.8 Å². The second kappa shape index (κ2) is 7.45. The molecule has 2 aliphatic rings. The van der Waals surface area contributed by atoms with Crippen molar-refractivity contribution in [1.29, 1.82) is 0 Å². The minimum atomic E-state index is -3.20. The zero-order chi connectivity index (χ0) is 17.2. The molecule has 0 spiro atoms. The number of aromatic nitrogens is 2. The van der Waals surface area contributed by atoms with Crippen LogP contribution in [0.5, 0.6) is 0 Å². The number of amides is 1. The third-order valence-electron chi connectivity index (χ3n) is 4.25. The van der Waals surface area contributed by atoms with Gasteiger partial charge in [-0.05, 0) is 37.0 Å². The zero-order valence-electron chi connectivity index (χ0n) is 13.9. The molecule has 1 aromatic heterocycles. The number of fused-ring (bicyclic) bond motifs is 1. The molecule has 0 unspecified atom stereocenters. The van der Waals surface area contributed by atoms with E-state index in [1.165, 1.54) is 23.4 Å². The highest BCUT2D eigenvalue weighted by molar-refractivity contribution is 7.99. The summed E-state index contributed by atoms with van der Waals surface area (Å²) in [5, 5.41) is 7.38. The predicted molar refractivity (Wildman–Crippen MR) is 94.0 cm³/mol. The van der Waals surface area contributed by atoms with Crippen molar-refractivity contribution < 1.29 is 13.2 Å². The summed E-state index contributed by atoms with van der Waals surface area (Å²) in [5.41, 5.74) is 1.66. The first-order valence-electron chi connectivity index (χ1n) is 8.27. The first-order valence-corrected chi connectivity index (χ1v) is 11.3. The molecule has 1 aromatic rings. The van der Waals surface area contributed by atoms with E-state index in [0.29, 0.717) is 31.9 Å². The first kappa shape index (κ1) is 17.8. The van der Waals surface area contributed by atoms with Gasteiger partial charge in [-0.1, -0.05) is 0 Å². The van der Waals surface area contributed by atoms with Crippen molar-refractivity contribution >= 4 is 27.7 Å². The number of sulfonamides is 1. The minimum Gasteiger partial charge on any atom is -0.350 e. The molecule has 7 nitrogen and oxygen atoms in total. The molecule has 1 saturated carbocycles. The van der Waals surface area contributed by atoms with E-state index in [2.05, 4.69) is 10.4 Å². The van der Waals surface area contributed by atoms with E-state index >= 15 is 0 Å². The van der Waals surface area contributed by atoms with E-state index in [-0.39, 0.29) is 5.91 Å². The van der Waals surface area contributed by atoms with Gasteiger partial charge in [-0.25, -0.2) is 8.42 Å². The van der Waals surface area contributed by atoms with Crippen LogP contribution in [-0.2, 0) is 34.5 Å². The van der Waals surface area contributed by atoms with Gasteiger partial charge in [-0.15, -0.1) is 0 Å². The van der Waals surface area contributed by atoms with Crippen molar-refractivity contribution in [1.82, 2.24) is 19.4 Å². The van der Waals surface area contributed by atoms with Gasteiger partial charge in [0, 0.05) is 13.1 Å². The Bertz CT molecular complexity index is 698. The molecule has 0 atom stereocenters. The molecule has 24 heavy (non-hydrogen) atoms. The quantitative estimate of drug-likeness (QED) is 0.766. The fraction of sp³-hybridized carbons (Fsp3) is 0.733. The van der Waals surface area contributed by atoms with E-state index in [9.17, 15) is 13.2 Å². The zero-order valence-corrected chi connectivity index (χ0v) is 15.5. The van der Waals surface area contributed by atoms with Gasteiger partial charge in [0.2, 0.25) is 15.9 Å². The van der Waals surface area contributed by atoms with Crippen LogP contribution in [0.1, 0.15) is 30.7 Å². The molecule has 0 aromatic carbocycles. The van der Waals surface area contributed by atoms with Gasteiger partial charge in [0.15, 0.2) is 0 Å². The predicted octanol–water partition coefficient (Wildman–Crippen LogP) is 0.808. The lowest BCUT2D eigenvalue weighted by Gasteiger charge is -2.16. The van der Waals surface area contributed by atoms with Crippen molar-refractivity contribution in [2.45, 2.75) is 38.9 Å². The molecule has 2 heterocycles. The number of hydrogen-bond donors (Lipinski definition) is 1. The number of hydrogen-bond acceptors (Lipinski definition) is 5. The number of carbonyl (C=O) groups is 1. The Morgan fingerprint density at radius 1 is 1.42 bits per heavy atom. The number of nitrogens with one attached hydrogen (secondary N) is 1.